The molecule has 2 aliphatic heterocycles. The molecule has 2 aromatic rings. The first-order chi connectivity index (χ1) is 14.0. The monoisotopic (exact) mass is 394 g/mol. The first-order valence-electron chi connectivity index (χ1n) is 10.8. The van der Waals surface area contributed by atoms with E-state index >= 15 is 0 Å². The van der Waals surface area contributed by atoms with Gasteiger partial charge in [-0.05, 0) is 56.1 Å². The van der Waals surface area contributed by atoms with Crippen LogP contribution in [0, 0.1) is 6.92 Å². The summed E-state index contributed by atoms with van der Waals surface area (Å²) in [6, 6.07) is 6.08. The molecule has 154 valence electrons. The third kappa shape index (κ3) is 3.68. The van der Waals surface area contributed by atoms with Gasteiger partial charge in [0.15, 0.2) is 5.82 Å². The molecule has 0 bridgehead atoms. The van der Waals surface area contributed by atoms with Crippen molar-refractivity contribution < 1.29 is 9.59 Å². The van der Waals surface area contributed by atoms with Gasteiger partial charge >= 0.3 is 0 Å². The summed E-state index contributed by atoms with van der Waals surface area (Å²) in [7, 11) is 0. The molecule has 0 saturated carbocycles. The first kappa shape index (κ1) is 19.7. The molecule has 0 unspecified atom stereocenters. The van der Waals surface area contributed by atoms with Gasteiger partial charge in [-0.1, -0.05) is 32.0 Å². The van der Waals surface area contributed by atoms with Crippen LogP contribution in [0.5, 0.6) is 0 Å². The van der Waals surface area contributed by atoms with Crippen molar-refractivity contribution in [1.29, 1.82) is 0 Å². The number of carbonyl (C=O) groups is 2. The van der Waals surface area contributed by atoms with Crippen LogP contribution >= 0.6 is 0 Å². The molecule has 0 atom stereocenters. The Hall–Kier alpha value is -2.63. The molecule has 2 amide bonds. The van der Waals surface area contributed by atoms with Crippen LogP contribution < -0.4 is 5.32 Å². The largest absolute Gasteiger partial charge is 0.337 e. The predicted molar refractivity (Wildman–Crippen MR) is 114 cm³/mol. The molecule has 6 heteroatoms. The smallest absolute Gasteiger partial charge is 0.291 e. The summed E-state index contributed by atoms with van der Waals surface area (Å²) in [4.78, 5) is 32.7. The summed E-state index contributed by atoms with van der Waals surface area (Å²) in [5.74, 6) is 0.405. The summed E-state index contributed by atoms with van der Waals surface area (Å²) < 4.78 is 1.97. The van der Waals surface area contributed by atoms with Gasteiger partial charge < -0.3 is 14.8 Å². The van der Waals surface area contributed by atoms with Crippen molar-refractivity contribution in [3.05, 3.63) is 46.5 Å². The molecular weight excluding hydrogens is 364 g/mol. The minimum Gasteiger partial charge on any atom is -0.337 e. The number of aromatic nitrogens is 2. The third-order valence-electron chi connectivity index (χ3n) is 6.08. The predicted octanol–water partition coefficient (Wildman–Crippen LogP) is 4.14. The number of hydrogen-bond acceptors (Lipinski definition) is 3. The van der Waals surface area contributed by atoms with E-state index in [1.807, 2.05) is 28.5 Å². The number of anilines is 1. The SMILES string of the molecule is Cc1cccc(C(C)C)c1NC(=O)c1nc(C(=O)N2CCCC2)c2n1CCCC2. The fourth-order valence-electron chi connectivity index (χ4n) is 4.47. The van der Waals surface area contributed by atoms with Gasteiger partial charge in [0.05, 0.1) is 5.69 Å². The van der Waals surface area contributed by atoms with Crippen LogP contribution in [-0.4, -0.2) is 39.4 Å². The molecule has 0 radical (unpaired) electrons. The summed E-state index contributed by atoms with van der Waals surface area (Å²) in [6.45, 7) is 8.55. The number of carbonyl (C=O) groups excluding carboxylic acids is 2. The first-order valence-corrected chi connectivity index (χ1v) is 10.8. The van der Waals surface area contributed by atoms with E-state index in [1.165, 1.54) is 0 Å². The summed E-state index contributed by atoms with van der Waals surface area (Å²) in [6.07, 6.45) is 4.92. The highest BCUT2D eigenvalue weighted by Crippen LogP contribution is 2.29. The van der Waals surface area contributed by atoms with Crippen molar-refractivity contribution in [2.75, 3.05) is 18.4 Å². The lowest BCUT2D eigenvalue weighted by atomic mass is 9.98. The lowest BCUT2D eigenvalue weighted by Crippen LogP contribution is -2.29. The average molecular weight is 395 g/mol. The molecule has 1 fully saturated rings. The summed E-state index contributed by atoms with van der Waals surface area (Å²) >= 11 is 0. The molecule has 29 heavy (non-hydrogen) atoms. The Bertz CT molecular complexity index is 939. The summed E-state index contributed by atoms with van der Waals surface area (Å²) in [5, 5.41) is 3.10. The van der Waals surface area contributed by atoms with Crippen LogP contribution in [0.15, 0.2) is 18.2 Å². The van der Waals surface area contributed by atoms with E-state index < -0.39 is 0 Å². The standard InChI is InChI=1S/C23H30N4O2/c1-15(2)17-10-8-9-16(3)19(17)25-22(28)21-24-20(18-11-4-5-14-27(18)21)23(29)26-12-6-7-13-26/h8-10,15H,4-7,11-14H2,1-3H3,(H,25,28). The van der Waals surface area contributed by atoms with E-state index in [9.17, 15) is 9.59 Å². The number of hydrogen-bond donors (Lipinski definition) is 1. The second-order valence-corrected chi connectivity index (χ2v) is 8.49. The van der Waals surface area contributed by atoms with Gasteiger partial charge in [0.2, 0.25) is 0 Å². The van der Waals surface area contributed by atoms with Crippen LogP contribution in [0.1, 0.15) is 83.4 Å². The Balaban J connectivity index is 1.69. The van der Waals surface area contributed by atoms with Crippen molar-refractivity contribution in [3.63, 3.8) is 0 Å². The van der Waals surface area contributed by atoms with E-state index in [-0.39, 0.29) is 11.8 Å². The lowest BCUT2D eigenvalue weighted by Gasteiger charge is -2.19. The molecule has 0 aliphatic carbocycles. The van der Waals surface area contributed by atoms with Gasteiger partial charge in [-0.25, -0.2) is 4.98 Å². The molecule has 1 saturated heterocycles. The maximum Gasteiger partial charge on any atom is 0.291 e. The second kappa shape index (κ2) is 8.01. The van der Waals surface area contributed by atoms with Gasteiger partial charge in [0.1, 0.15) is 5.69 Å². The Labute approximate surface area is 172 Å². The molecule has 1 aromatic heterocycles. The van der Waals surface area contributed by atoms with Crippen LogP contribution in [0.25, 0.3) is 0 Å². The van der Waals surface area contributed by atoms with Gasteiger partial charge in [-0.3, -0.25) is 9.59 Å². The van der Waals surface area contributed by atoms with Crippen LogP contribution in [-0.2, 0) is 13.0 Å². The molecule has 0 spiro atoms. The highest BCUT2D eigenvalue weighted by Gasteiger charge is 2.31. The zero-order chi connectivity index (χ0) is 20.5. The minimum absolute atomic E-state index is 0.0223. The van der Waals surface area contributed by atoms with Crippen molar-refractivity contribution in [1.82, 2.24) is 14.5 Å². The van der Waals surface area contributed by atoms with E-state index in [2.05, 4.69) is 30.2 Å². The minimum atomic E-state index is -0.232. The second-order valence-electron chi connectivity index (χ2n) is 8.49. The highest BCUT2D eigenvalue weighted by atomic mass is 16.2. The number of nitrogens with one attached hydrogen (secondary N) is 1. The zero-order valence-electron chi connectivity index (χ0n) is 17.6. The fraction of sp³-hybridized carbons (Fsp3) is 0.522. The topological polar surface area (TPSA) is 67.2 Å². The number of para-hydroxylation sites is 1. The molecule has 4 rings (SSSR count). The third-order valence-corrected chi connectivity index (χ3v) is 6.08. The Morgan fingerprint density at radius 2 is 1.79 bits per heavy atom. The molecule has 6 nitrogen and oxygen atoms in total. The molecule has 1 N–H and O–H groups in total. The van der Waals surface area contributed by atoms with E-state index in [1.54, 1.807) is 0 Å². The van der Waals surface area contributed by atoms with E-state index in [4.69, 9.17) is 0 Å². The molecule has 2 aliphatic rings. The van der Waals surface area contributed by atoms with E-state index in [0.29, 0.717) is 17.4 Å². The number of likely N-dealkylation sites (tertiary alicyclic amines) is 1. The number of rotatable bonds is 4. The lowest BCUT2D eigenvalue weighted by molar-refractivity contribution is 0.0786. The van der Waals surface area contributed by atoms with Gasteiger partial charge in [0, 0.05) is 25.3 Å². The fourth-order valence-corrected chi connectivity index (χ4v) is 4.47. The van der Waals surface area contributed by atoms with Gasteiger partial charge in [-0.2, -0.15) is 0 Å². The number of aryl methyl sites for hydroxylation is 1. The Kier molecular flexibility index (Phi) is 5.43. The van der Waals surface area contributed by atoms with Crippen LogP contribution in [0.4, 0.5) is 5.69 Å². The van der Waals surface area contributed by atoms with Crippen molar-refractivity contribution >= 4 is 17.5 Å². The molecule has 3 heterocycles. The van der Waals surface area contributed by atoms with Crippen LogP contribution in [0.2, 0.25) is 0 Å². The van der Waals surface area contributed by atoms with Crippen molar-refractivity contribution in [3.8, 4) is 0 Å². The highest BCUT2D eigenvalue weighted by molar-refractivity contribution is 6.04. The van der Waals surface area contributed by atoms with Crippen molar-refractivity contribution in [2.24, 2.45) is 0 Å². The Morgan fingerprint density at radius 3 is 2.52 bits per heavy atom. The summed E-state index contributed by atoms with van der Waals surface area (Å²) in [5.41, 5.74) is 4.39. The van der Waals surface area contributed by atoms with E-state index in [0.717, 1.165) is 74.2 Å². The molecule has 1 aromatic carbocycles. The quantitative estimate of drug-likeness (QED) is 0.847. The number of fused-ring (bicyclic) bond motifs is 1. The van der Waals surface area contributed by atoms with Crippen molar-refractivity contribution in [2.45, 2.75) is 65.3 Å². The van der Waals surface area contributed by atoms with Gasteiger partial charge in [-0.15, -0.1) is 0 Å². The maximum atomic E-state index is 13.3. The number of amides is 2. The number of nitrogens with zero attached hydrogens (tertiary/aromatic N) is 3. The average Bonchev–Trinajstić information content (AvgIpc) is 3.37. The number of benzene rings is 1. The molecular formula is C23H30N4O2. The zero-order valence-corrected chi connectivity index (χ0v) is 17.6. The van der Waals surface area contributed by atoms with Gasteiger partial charge in [0.25, 0.3) is 11.8 Å². The Morgan fingerprint density at radius 1 is 1.07 bits per heavy atom. The maximum absolute atomic E-state index is 13.3. The number of imidazole rings is 1. The van der Waals surface area contributed by atoms with Crippen LogP contribution in [0.3, 0.4) is 0 Å². The normalized spacial score (nSPS) is 16.2.